The molecule has 2 N–H and O–H groups in total. The first-order valence-electron chi connectivity index (χ1n) is 7.40. The van der Waals surface area contributed by atoms with E-state index in [4.69, 9.17) is 4.42 Å². The van der Waals surface area contributed by atoms with Crippen molar-refractivity contribution in [1.29, 1.82) is 0 Å². The van der Waals surface area contributed by atoms with Crippen LogP contribution in [0.2, 0.25) is 0 Å². The summed E-state index contributed by atoms with van der Waals surface area (Å²) < 4.78 is 33.6. The van der Waals surface area contributed by atoms with Gasteiger partial charge in [0.15, 0.2) is 0 Å². The van der Waals surface area contributed by atoms with Crippen molar-refractivity contribution in [2.75, 3.05) is 0 Å². The van der Waals surface area contributed by atoms with Crippen LogP contribution in [0.5, 0.6) is 0 Å². The van der Waals surface area contributed by atoms with E-state index in [1.807, 2.05) is 34.6 Å². The molecule has 1 rings (SSSR count). The summed E-state index contributed by atoms with van der Waals surface area (Å²) in [4.78, 5) is 0.278. The fourth-order valence-electron chi connectivity index (χ4n) is 2.01. The maximum atomic E-state index is 12.6. The molecule has 0 bridgehead atoms. The molecule has 122 valence electrons. The lowest BCUT2D eigenvalue weighted by Crippen LogP contribution is -2.37. The predicted molar refractivity (Wildman–Crippen MR) is 84.8 cm³/mol. The highest BCUT2D eigenvalue weighted by molar-refractivity contribution is 7.89. The Balaban J connectivity index is 3.16. The van der Waals surface area contributed by atoms with Crippen molar-refractivity contribution in [3.63, 3.8) is 0 Å². The smallest absolute Gasteiger partial charge is 0.244 e. The quantitative estimate of drug-likeness (QED) is 0.811. The van der Waals surface area contributed by atoms with E-state index in [2.05, 4.69) is 10.0 Å². The Bertz CT molecular complexity index is 574. The molecular formula is C15H28N2O3S. The minimum absolute atomic E-state index is 0.129. The molecule has 1 unspecified atom stereocenters. The van der Waals surface area contributed by atoms with Gasteiger partial charge in [0.25, 0.3) is 0 Å². The summed E-state index contributed by atoms with van der Waals surface area (Å²) in [7, 11) is -3.58. The van der Waals surface area contributed by atoms with Gasteiger partial charge in [-0.05, 0) is 26.7 Å². The molecule has 0 aromatic carbocycles. The van der Waals surface area contributed by atoms with Gasteiger partial charge in [0.2, 0.25) is 10.0 Å². The highest BCUT2D eigenvalue weighted by Gasteiger charge is 2.28. The van der Waals surface area contributed by atoms with Crippen molar-refractivity contribution in [2.24, 2.45) is 5.92 Å². The third-order valence-electron chi connectivity index (χ3n) is 3.62. The lowest BCUT2D eigenvalue weighted by atomic mass is 10.1. The third kappa shape index (κ3) is 4.56. The van der Waals surface area contributed by atoms with Gasteiger partial charge in [-0.1, -0.05) is 27.7 Å². The number of hydrogen-bond donors (Lipinski definition) is 2. The van der Waals surface area contributed by atoms with Crippen LogP contribution in [0.15, 0.2) is 9.31 Å². The van der Waals surface area contributed by atoms with E-state index >= 15 is 0 Å². The molecule has 0 aliphatic rings. The summed E-state index contributed by atoms with van der Waals surface area (Å²) in [5, 5.41) is 3.25. The van der Waals surface area contributed by atoms with Crippen LogP contribution in [0.3, 0.4) is 0 Å². The molecule has 0 aliphatic heterocycles. The monoisotopic (exact) mass is 316 g/mol. The Labute approximate surface area is 128 Å². The molecule has 0 aliphatic carbocycles. The van der Waals surface area contributed by atoms with Gasteiger partial charge in [-0.3, -0.25) is 0 Å². The number of furan rings is 1. The third-order valence-corrected chi connectivity index (χ3v) is 5.38. The zero-order chi connectivity index (χ0) is 16.4. The summed E-state index contributed by atoms with van der Waals surface area (Å²) >= 11 is 0. The standard InChI is InChI=1S/C15H28N2O3S/c1-9(2)11(5)17-21(18,19)15-13(7)20-12(6)14(15)8-16-10(3)4/h9-11,16-17H,8H2,1-7H3. The maximum Gasteiger partial charge on any atom is 0.244 e. The van der Waals surface area contributed by atoms with Crippen LogP contribution in [0, 0.1) is 19.8 Å². The first-order valence-corrected chi connectivity index (χ1v) is 8.89. The molecule has 5 nitrogen and oxygen atoms in total. The second-order valence-electron chi connectivity index (χ2n) is 6.21. The van der Waals surface area contributed by atoms with E-state index in [0.29, 0.717) is 23.6 Å². The van der Waals surface area contributed by atoms with Crippen LogP contribution < -0.4 is 10.0 Å². The van der Waals surface area contributed by atoms with E-state index in [1.54, 1.807) is 13.8 Å². The molecular weight excluding hydrogens is 288 g/mol. The van der Waals surface area contributed by atoms with Crippen LogP contribution in [0.1, 0.15) is 51.7 Å². The molecule has 1 aromatic heterocycles. The summed E-state index contributed by atoms with van der Waals surface area (Å²) in [5.74, 6) is 1.32. The molecule has 0 fully saturated rings. The average Bonchev–Trinajstić information content (AvgIpc) is 2.60. The second-order valence-corrected chi connectivity index (χ2v) is 7.86. The largest absolute Gasteiger partial charge is 0.465 e. The van der Waals surface area contributed by atoms with E-state index in [9.17, 15) is 8.42 Å². The Morgan fingerprint density at radius 1 is 1.05 bits per heavy atom. The van der Waals surface area contributed by atoms with Crippen molar-refractivity contribution >= 4 is 10.0 Å². The molecule has 1 atom stereocenters. The van der Waals surface area contributed by atoms with Gasteiger partial charge in [0, 0.05) is 24.2 Å². The number of aryl methyl sites for hydroxylation is 2. The lowest BCUT2D eigenvalue weighted by molar-refractivity contribution is 0.472. The predicted octanol–water partition coefficient (Wildman–Crippen LogP) is 2.72. The number of hydrogen-bond acceptors (Lipinski definition) is 4. The van der Waals surface area contributed by atoms with Crippen LogP contribution in [-0.4, -0.2) is 20.5 Å². The first kappa shape index (κ1) is 18.2. The number of rotatable bonds is 7. The van der Waals surface area contributed by atoms with Crippen LogP contribution in [0.4, 0.5) is 0 Å². The molecule has 0 saturated heterocycles. The zero-order valence-electron chi connectivity index (χ0n) is 14.1. The van der Waals surface area contributed by atoms with Crippen molar-refractivity contribution in [3.05, 3.63) is 17.1 Å². The van der Waals surface area contributed by atoms with Crippen molar-refractivity contribution in [1.82, 2.24) is 10.0 Å². The molecule has 0 spiro atoms. The molecule has 6 heteroatoms. The van der Waals surface area contributed by atoms with E-state index in [-0.39, 0.29) is 22.9 Å². The number of sulfonamides is 1. The highest BCUT2D eigenvalue weighted by Crippen LogP contribution is 2.27. The second kappa shape index (κ2) is 6.94. The van der Waals surface area contributed by atoms with Crippen LogP contribution in [0.25, 0.3) is 0 Å². The molecule has 1 aromatic rings. The van der Waals surface area contributed by atoms with E-state index < -0.39 is 10.0 Å². The molecule has 1 heterocycles. The fourth-order valence-corrected chi connectivity index (χ4v) is 3.85. The SMILES string of the molecule is Cc1oc(C)c(S(=O)(=O)NC(C)C(C)C)c1CNC(C)C. The number of nitrogens with one attached hydrogen (secondary N) is 2. The van der Waals surface area contributed by atoms with Crippen molar-refractivity contribution < 1.29 is 12.8 Å². The topological polar surface area (TPSA) is 71.3 Å². The Morgan fingerprint density at radius 3 is 2.10 bits per heavy atom. The molecule has 0 saturated carbocycles. The Kier molecular flexibility index (Phi) is 6.01. The molecule has 0 radical (unpaired) electrons. The summed E-state index contributed by atoms with van der Waals surface area (Å²) in [5.41, 5.74) is 0.713. The van der Waals surface area contributed by atoms with Gasteiger partial charge in [-0.15, -0.1) is 0 Å². The van der Waals surface area contributed by atoms with Gasteiger partial charge in [-0.2, -0.15) is 0 Å². The van der Waals surface area contributed by atoms with Crippen molar-refractivity contribution in [2.45, 2.75) is 72.0 Å². The van der Waals surface area contributed by atoms with Gasteiger partial charge >= 0.3 is 0 Å². The van der Waals surface area contributed by atoms with Crippen LogP contribution >= 0.6 is 0 Å². The van der Waals surface area contributed by atoms with Crippen LogP contribution in [-0.2, 0) is 16.6 Å². The van der Waals surface area contributed by atoms with Gasteiger partial charge in [0.1, 0.15) is 16.4 Å². The first-order chi connectivity index (χ1) is 9.56. The maximum absolute atomic E-state index is 12.6. The minimum atomic E-state index is -3.58. The summed E-state index contributed by atoms with van der Waals surface area (Å²) in [6.45, 7) is 13.9. The van der Waals surface area contributed by atoms with Gasteiger partial charge < -0.3 is 9.73 Å². The fraction of sp³-hybridized carbons (Fsp3) is 0.733. The summed E-state index contributed by atoms with van der Waals surface area (Å²) in [6.07, 6.45) is 0. The van der Waals surface area contributed by atoms with Gasteiger partial charge in [0.05, 0.1) is 0 Å². The van der Waals surface area contributed by atoms with Crippen molar-refractivity contribution in [3.8, 4) is 0 Å². The minimum Gasteiger partial charge on any atom is -0.465 e. The Morgan fingerprint density at radius 2 is 1.62 bits per heavy atom. The van der Waals surface area contributed by atoms with Gasteiger partial charge in [-0.25, -0.2) is 13.1 Å². The van der Waals surface area contributed by atoms with E-state index in [1.165, 1.54) is 0 Å². The Hall–Kier alpha value is -0.850. The highest BCUT2D eigenvalue weighted by atomic mass is 32.2. The summed E-state index contributed by atoms with van der Waals surface area (Å²) in [6, 6.07) is 0.147. The normalized spacial score (nSPS) is 14.1. The molecule has 21 heavy (non-hydrogen) atoms. The average molecular weight is 316 g/mol. The van der Waals surface area contributed by atoms with E-state index in [0.717, 1.165) is 0 Å². The zero-order valence-corrected chi connectivity index (χ0v) is 14.9. The lowest BCUT2D eigenvalue weighted by Gasteiger charge is -2.18. The molecule has 0 amide bonds.